The molecule has 19 heavy (non-hydrogen) atoms. The second kappa shape index (κ2) is 4.21. The fraction of sp³-hybridized carbons (Fsp3) is 0.0714. The number of nitrogens with zero attached hydrogens (tertiary/aromatic N) is 1. The molecule has 0 aliphatic carbocycles. The molecule has 0 amide bonds. The molecular formula is C14H8BrNO2S. The normalized spacial score (nSPS) is 13.1. The largest absolute Gasteiger partial charge is 0.454 e. The Labute approximate surface area is 121 Å². The van der Waals surface area contributed by atoms with Crippen LogP contribution in [0.4, 0.5) is 0 Å². The maximum absolute atomic E-state index is 5.40. The van der Waals surface area contributed by atoms with Gasteiger partial charge in [0, 0.05) is 10.0 Å². The minimum atomic E-state index is 0.297. The van der Waals surface area contributed by atoms with Crippen LogP contribution in [0.1, 0.15) is 0 Å². The van der Waals surface area contributed by atoms with Gasteiger partial charge in [-0.1, -0.05) is 15.9 Å². The van der Waals surface area contributed by atoms with Crippen LogP contribution in [0.5, 0.6) is 11.5 Å². The van der Waals surface area contributed by atoms with Crippen molar-refractivity contribution in [1.82, 2.24) is 4.98 Å². The fourth-order valence-electron chi connectivity index (χ4n) is 2.05. The topological polar surface area (TPSA) is 31.4 Å². The third-order valence-electron chi connectivity index (χ3n) is 2.97. The van der Waals surface area contributed by atoms with Gasteiger partial charge in [-0.2, -0.15) is 0 Å². The van der Waals surface area contributed by atoms with Crippen molar-refractivity contribution in [1.29, 1.82) is 0 Å². The van der Waals surface area contributed by atoms with Crippen LogP contribution >= 0.6 is 27.3 Å². The van der Waals surface area contributed by atoms with Crippen LogP contribution in [0.3, 0.4) is 0 Å². The highest BCUT2D eigenvalue weighted by atomic mass is 79.9. The molecule has 3 nitrogen and oxygen atoms in total. The zero-order valence-corrected chi connectivity index (χ0v) is 12.1. The number of benzene rings is 2. The number of hydrogen-bond donors (Lipinski definition) is 0. The Morgan fingerprint density at radius 1 is 1.05 bits per heavy atom. The molecule has 1 aliphatic rings. The molecule has 5 heteroatoms. The molecule has 2 aromatic carbocycles. The average molecular weight is 334 g/mol. The standard InChI is InChI=1S/C14H8BrNO2S/c15-9-2-3-10-13(6-9)19-14(16-10)8-1-4-11-12(5-8)18-7-17-11/h1-6H,7H2. The zero-order valence-electron chi connectivity index (χ0n) is 9.72. The lowest BCUT2D eigenvalue weighted by Gasteiger charge is -1.98. The molecule has 3 aromatic rings. The Morgan fingerprint density at radius 2 is 1.95 bits per heavy atom. The highest BCUT2D eigenvalue weighted by Crippen LogP contribution is 2.38. The molecule has 0 bridgehead atoms. The van der Waals surface area contributed by atoms with Gasteiger partial charge >= 0.3 is 0 Å². The van der Waals surface area contributed by atoms with Gasteiger partial charge in [-0.05, 0) is 36.4 Å². The summed E-state index contributed by atoms with van der Waals surface area (Å²) in [4.78, 5) is 4.65. The molecular weight excluding hydrogens is 326 g/mol. The van der Waals surface area contributed by atoms with Crippen molar-refractivity contribution < 1.29 is 9.47 Å². The van der Waals surface area contributed by atoms with Gasteiger partial charge in [-0.15, -0.1) is 11.3 Å². The maximum Gasteiger partial charge on any atom is 0.231 e. The highest BCUT2D eigenvalue weighted by molar-refractivity contribution is 9.10. The Bertz CT molecular complexity index is 784. The number of halogens is 1. The van der Waals surface area contributed by atoms with Gasteiger partial charge in [-0.25, -0.2) is 4.98 Å². The monoisotopic (exact) mass is 333 g/mol. The molecule has 4 rings (SSSR count). The molecule has 0 N–H and O–H groups in total. The van der Waals surface area contributed by atoms with Crippen LogP contribution in [0.2, 0.25) is 0 Å². The number of thiazole rings is 1. The molecule has 1 aromatic heterocycles. The lowest BCUT2D eigenvalue weighted by atomic mass is 10.2. The molecule has 0 radical (unpaired) electrons. The summed E-state index contributed by atoms with van der Waals surface area (Å²) in [5, 5.41) is 0.992. The van der Waals surface area contributed by atoms with E-state index < -0.39 is 0 Å². The van der Waals surface area contributed by atoms with E-state index in [1.165, 1.54) is 4.70 Å². The Balaban J connectivity index is 1.85. The summed E-state index contributed by atoms with van der Waals surface area (Å²) in [5.41, 5.74) is 2.07. The van der Waals surface area contributed by atoms with Crippen molar-refractivity contribution in [3.05, 3.63) is 40.9 Å². The van der Waals surface area contributed by atoms with Gasteiger partial charge in [0.15, 0.2) is 11.5 Å². The number of aromatic nitrogens is 1. The van der Waals surface area contributed by atoms with Gasteiger partial charge in [0.1, 0.15) is 5.01 Å². The second-order valence-corrected chi connectivity index (χ2v) is 6.15. The van der Waals surface area contributed by atoms with E-state index in [4.69, 9.17) is 9.47 Å². The first-order valence-corrected chi connectivity index (χ1v) is 7.37. The number of fused-ring (bicyclic) bond motifs is 2. The van der Waals surface area contributed by atoms with E-state index in [1.807, 2.05) is 30.3 Å². The van der Waals surface area contributed by atoms with Crippen molar-refractivity contribution in [3.63, 3.8) is 0 Å². The highest BCUT2D eigenvalue weighted by Gasteiger charge is 2.15. The summed E-state index contributed by atoms with van der Waals surface area (Å²) in [7, 11) is 0. The third-order valence-corrected chi connectivity index (χ3v) is 4.53. The molecule has 0 unspecified atom stereocenters. The summed E-state index contributed by atoms with van der Waals surface area (Å²) >= 11 is 5.15. The Hall–Kier alpha value is -1.59. The van der Waals surface area contributed by atoms with Crippen molar-refractivity contribution in [2.75, 3.05) is 6.79 Å². The maximum atomic E-state index is 5.40. The SMILES string of the molecule is Brc1ccc2nc(-c3ccc4c(c3)OCO4)sc2c1. The minimum absolute atomic E-state index is 0.297. The summed E-state index contributed by atoms with van der Waals surface area (Å²) < 4.78 is 13.0. The third kappa shape index (κ3) is 1.89. The predicted octanol–water partition coefficient (Wildman–Crippen LogP) is 4.45. The van der Waals surface area contributed by atoms with Crippen molar-refractivity contribution in [2.24, 2.45) is 0 Å². The average Bonchev–Trinajstić information content (AvgIpc) is 3.02. The van der Waals surface area contributed by atoms with E-state index in [1.54, 1.807) is 11.3 Å². The zero-order chi connectivity index (χ0) is 12.8. The van der Waals surface area contributed by atoms with Crippen LogP contribution < -0.4 is 9.47 Å². The lowest BCUT2D eigenvalue weighted by molar-refractivity contribution is 0.174. The molecule has 0 saturated heterocycles. The van der Waals surface area contributed by atoms with Gasteiger partial charge in [0.25, 0.3) is 0 Å². The van der Waals surface area contributed by atoms with Crippen LogP contribution in [0, 0.1) is 0 Å². The molecule has 94 valence electrons. The lowest BCUT2D eigenvalue weighted by Crippen LogP contribution is -1.92. The molecule has 0 spiro atoms. The van der Waals surface area contributed by atoms with Crippen LogP contribution in [0.25, 0.3) is 20.8 Å². The molecule has 0 saturated carbocycles. The summed E-state index contributed by atoms with van der Waals surface area (Å²) in [6.45, 7) is 0.297. The quantitative estimate of drug-likeness (QED) is 0.659. The first kappa shape index (κ1) is 11.3. The Kier molecular flexibility index (Phi) is 2.50. The van der Waals surface area contributed by atoms with E-state index in [0.717, 1.165) is 32.1 Å². The predicted molar refractivity (Wildman–Crippen MR) is 78.9 cm³/mol. The van der Waals surface area contributed by atoms with Gasteiger partial charge in [0.2, 0.25) is 6.79 Å². The summed E-state index contributed by atoms with van der Waals surface area (Å²) in [5.74, 6) is 1.59. The molecule has 1 aliphatic heterocycles. The Morgan fingerprint density at radius 3 is 2.89 bits per heavy atom. The van der Waals surface area contributed by atoms with Crippen molar-refractivity contribution in [3.8, 4) is 22.1 Å². The number of hydrogen-bond acceptors (Lipinski definition) is 4. The molecule has 2 heterocycles. The molecule has 0 atom stereocenters. The first-order valence-electron chi connectivity index (χ1n) is 5.76. The first-order chi connectivity index (χ1) is 9.29. The number of rotatable bonds is 1. The van der Waals surface area contributed by atoms with E-state index >= 15 is 0 Å². The van der Waals surface area contributed by atoms with Crippen LogP contribution in [-0.4, -0.2) is 11.8 Å². The number of ether oxygens (including phenoxy) is 2. The minimum Gasteiger partial charge on any atom is -0.454 e. The fourth-order valence-corrected chi connectivity index (χ4v) is 3.57. The smallest absolute Gasteiger partial charge is 0.231 e. The van der Waals surface area contributed by atoms with E-state index in [2.05, 4.69) is 27.0 Å². The summed E-state index contributed by atoms with van der Waals surface area (Å²) in [6, 6.07) is 12.0. The van der Waals surface area contributed by atoms with Crippen LogP contribution in [0.15, 0.2) is 40.9 Å². The van der Waals surface area contributed by atoms with Gasteiger partial charge < -0.3 is 9.47 Å². The van der Waals surface area contributed by atoms with Crippen LogP contribution in [-0.2, 0) is 0 Å². The van der Waals surface area contributed by atoms with Gasteiger partial charge in [0.05, 0.1) is 10.2 Å². The summed E-state index contributed by atoms with van der Waals surface area (Å²) in [6.07, 6.45) is 0. The molecule has 0 fully saturated rings. The van der Waals surface area contributed by atoms with Crippen molar-refractivity contribution >= 4 is 37.5 Å². The van der Waals surface area contributed by atoms with E-state index in [9.17, 15) is 0 Å². The van der Waals surface area contributed by atoms with Crippen molar-refractivity contribution in [2.45, 2.75) is 0 Å². The van der Waals surface area contributed by atoms with E-state index in [-0.39, 0.29) is 0 Å². The second-order valence-electron chi connectivity index (χ2n) is 4.20. The van der Waals surface area contributed by atoms with E-state index in [0.29, 0.717) is 6.79 Å². The van der Waals surface area contributed by atoms with Gasteiger partial charge in [-0.3, -0.25) is 0 Å².